The van der Waals surface area contributed by atoms with Crippen molar-refractivity contribution in [1.29, 1.82) is 0 Å². The molecule has 3 fully saturated rings. The van der Waals surface area contributed by atoms with E-state index in [-0.39, 0.29) is 30.2 Å². The van der Waals surface area contributed by atoms with Crippen LogP contribution in [-0.2, 0) is 9.53 Å². The van der Waals surface area contributed by atoms with Crippen molar-refractivity contribution < 1.29 is 9.53 Å². The highest BCUT2D eigenvalue weighted by Crippen LogP contribution is 2.36. The zero-order chi connectivity index (χ0) is 21.2. The van der Waals surface area contributed by atoms with Crippen LogP contribution in [0.2, 0.25) is 0 Å². The Morgan fingerprint density at radius 1 is 0.968 bits per heavy atom. The number of carbonyl (C=O) groups is 1. The molecule has 1 saturated carbocycles. The van der Waals surface area contributed by atoms with Gasteiger partial charge in [-0.3, -0.25) is 19.1 Å². The van der Waals surface area contributed by atoms with Crippen LogP contribution in [0.25, 0.3) is 10.9 Å². The average molecular weight is 425 g/mol. The van der Waals surface area contributed by atoms with Gasteiger partial charge in [-0.1, -0.05) is 25.0 Å². The molecule has 1 aliphatic carbocycles. The number of ether oxygens (including phenoxy) is 1. The molecular formula is C24H32N4O3. The van der Waals surface area contributed by atoms with Crippen LogP contribution in [0, 0.1) is 0 Å². The number of rotatable bonds is 5. The predicted octanol–water partition coefficient (Wildman–Crippen LogP) is 2.90. The SMILES string of the molecule is O=C1COCCCN1CCN1CCCC1c1nc2ccccc2c(=O)n1C1CCCC1. The van der Waals surface area contributed by atoms with Crippen LogP contribution in [0.3, 0.4) is 0 Å². The predicted molar refractivity (Wildman–Crippen MR) is 119 cm³/mol. The molecule has 2 saturated heterocycles. The van der Waals surface area contributed by atoms with Crippen LogP contribution in [0.4, 0.5) is 0 Å². The maximum atomic E-state index is 13.5. The fourth-order valence-corrected chi connectivity index (χ4v) is 5.52. The molecule has 3 aliphatic rings. The lowest BCUT2D eigenvalue weighted by Crippen LogP contribution is -2.40. The number of likely N-dealkylation sites (tertiary alicyclic amines) is 1. The summed E-state index contributed by atoms with van der Waals surface area (Å²) in [5.41, 5.74) is 0.905. The molecule has 0 bridgehead atoms. The number of amides is 1. The van der Waals surface area contributed by atoms with Gasteiger partial charge in [0.25, 0.3) is 5.56 Å². The van der Waals surface area contributed by atoms with Gasteiger partial charge >= 0.3 is 0 Å². The van der Waals surface area contributed by atoms with Gasteiger partial charge in [-0.15, -0.1) is 0 Å². The molecule has 0 spiro atoms. The molecular weight excluding hydrogens is 392 g/mol. The zero-order valence-corrected chi connectivity index (χ0v) is 18.2. The van der Waals surface area contributed by atoms with Gasteiger partial charge in [-0.25, -0.2) is 4.98 Å². The number of benzene rings is 1. The van der Waals surface area contributed by atoms with Crippen molar-refractivity contribution in [3.05, 3.63) is 40.4 Å². The van der Waals surface area contributed by atoms with Crippen LogP contribution >= 0.6 is 0 Å². The van der Waals surface area contributed by atoms with Crippen molar-refractivity contribution in [3.63, 3.8) is 0 Å². The summed E-state index contributed by atoms with van der Waals surface area (Å²) in [7, 11) is 0. The van der Waals surface area contributed by atoms with E-state index in [0.29, 0.717) is 13.2 Å². The lowest BCUT2D eigenvalue weighted by molar-refractivity contribution is -0.134. The second kappa shape index (κ2) is 9.09. The third-order valence-electron chi connectivity index (χ3n) is 7.14. The highest BCUT2D eigenvalue weighted by Gasteiger charge is 2.33. The first-order valence-corrected chi connectivity index (χ1v) is 11.8. The Kier molecular flexibility index (Phi) is 6.05. The van der Waals surface area contributed by atoms with Crippen molar-refractivity contribution in [2.75, 3.05) is 39.4 Å². The standard InChI is InChI=1S/C24H32N4O3/c29-22-17-31-16-6-13-27(22)15-14-26-12-5-11-21(26)23-25-20-10-4-3-9-19(20)24(30)28(23)18-7-1-2-8-18/h3-4,9-10,18,21H,1-2,5-8,11-17H2. The molecule has 7 heteroatoms. The van der Waals surface area contributed by atoms with E-state index in [0.717, 1.165) is 68.5 Å². The highest BCUT2D eigenvalue weighted by atomic mass is 16.5. The van der Waals surface area contributed by atoms with Gasteiger partial charge in [0.1, 0.15) is 12.4 Å². The maximum absolute atomic E-state index is 13.5. The molecule has 1 amide bonds. The maximum Gasteiger partial charge on any atom is 0.261 e. The van der Waals surface area contributed by atoms with E-state index >= 15 is 0 Å². The van der Waals surface area contributed by atoms with E-state index < -0.39 is 0 Å². The van der Waals surface area contributed by atoms with Gasteiger partial charge in [-0.2, -0.15) is 0 Å². The number of aromatic nitrogens is 2. The second-order valence-electron chi connectivity index (χ2n) is 9.08. The van der Waals surface area contributed by atoms with Crippen LogP contribution in [-0.4, -0.2) is 64.7 Å². The van der Waals surface area contributed by atoms with Gasteiger partial charge in [0, 0.05) is 32.3 Å². The summed E-state index contributed by atoms with van der Waals surface area (Å²) in [6.45, 7) is 4.11. The number of hydrogen-bond acceptors (Lipinski definition) is 5. The van der Waals surface area contributed by atoms with Crippen LogP contribution in [0.15, 0.2) is 29.1 Å². The number of carbonyl (C=O) groups excluding carboxylic acids is 1. The average Bonchev–Trinajstić information content (AvgIpc) is 3.43. The van der Waals surface area contributed by atoms with E-state index in [4.69, 9.17) is 9.72 Å². The first-order valence-electron chi connectivity index (χ1n) is 11.8. The number of hydrogen-bond donors (Lipinski definition) is 0. The minimum absolute atomic E-state index is 0.0833. The first kappa shape index (κ1) is 20.6. The number of para-hydroxylation sites is 1. The van der Waals surface area contributed by atoms with Crippen molar-refractivity contribution in [2.45, 2.75) is 57.0 Å². The summed E-state index contributed by atoms with van der Waals surface area (Å²) in [6.07, 6.45) is 7.46. The number of fused-ring (bicyclic) bond motifs is 1. The van der Waals surface area contributed by atoms with Gasteiger partial charge in [-0.05, 0) is 50.8 Å². The molecule has 1 atom stereocenters. The van der Waals surface area contributed by atoms with Gasteiger partial charge in [0.15, 0.2) is 0 Å². The normalized spacial score (nSPS) is 23.7. The molecule has 1 aromatic heterocycles. The summed E-state index contributed by atoms with van der Waals surface area (Å²) in [4.78, 5) is 35.3. The highest BCUT2D eigenvalue weighted by molar-refractivity contribution is 5.78. The smallest absolute Gasteiger partial charge is 0.261 e. The lowest BCUT2D eigenvalue weighted by atomic mass is 10.1. The Morgan fingerprint density at radius 2 is 1.81 bits per heavy atom. The number of nitrogens with zero attached hydrogens (tertiary/aromatic N) is 4. The quantitative estimate of drug-likeness (QED) is 0.738. The van der Waals surface area contributed by atoms with E-state index in [1.165, 1.54) is 12.8 Å². The molecule has 0 N–H and O–H groups in total. The minimum Gasteiger partial charge on any atom is -0.372 e. The molecule has 31 heavy (non-hydrogen) atoms. The largest absolute Gasteiger partial charge is 0.372 e. The summed E-state index contributed by atoms with van der Waals surface area (Å²) >= 11 is 0. The van der Waals surface area contributed by atoms with Crippen LogP contribution < -0.4 is 5.56 Å². The summed E-state index contributed by atoms with van der Waals surface area (Å²) < 4.78 is 7.40. The lowest BCUT2D eigenvalue weighted by Gasteiger charge is -2.30. The Labute approximate surface area is 183 Å². The third kappa shape index (κ3) is 4.13. The summed E-state index contributed by atoms with van der Waals surface area (Å²) in [5, 5.41) is 0.720. The second-order valence-corrected chi connectivity index (χ2v) is 9.08. The Bertz CT molecular complexity index is 998. The molecule has 3 heterocycles. The molecule has 7 nitrogen and oxygen atoms in total. The third-order valence-corrected chi connectivity index (χ3v) is 7.14. The Morgan fingerprint density at radius 3 is 2.68 bits per heavy atom. The van der Waals surface area contributed by atoms with E-state index in [1.54, 1.807) is 0 Å². The molecule has 166 valence electrons. The fraction of sp³-hybridized carbons (Fsp3) is 0.625. The summed E-state index contributed by atoms with van der Waals surface area (Å²) in [5.74, 6) is 1.01. The Hall–Kier alpha value is -2.25. The summed E-state index contributed by atoms with van der Waals surface area (Å²) in [6, 6.07) is 8.13. The topological polar surface area (TPSA) is 67.7 Å². The molecule has 2 aromatic rings. The fourth-order valence-electron chi connectivity index (χ4n) is 5.52. The van der Waals surface area contributed by atoms with Crippen LogP contribution in [0.1, 0.15) is 62.9 Å². The van der Waals surface area contributed by atoms with Gasteiger partial charge in [0.05, 0.1) is 16.9 Å². The molecule has 2 aliphatic heterocycles. The molecule has 1 unspecified atom stereocenters. The van der Waals surface area contributed by atoms with E-state index in [1.807, 2.05) is 33.7 Å². The molecule has 5 rings (SSSR count). The monoisotopic (exact) mass is 424 g/mol. The minimum atomic E-state index is 0.0833. The van der Waals surface area contributed by atoms with E-state index in [9.17, 15) is 9.59 Å². The van der Waals surface area contributed by atoms with E-state index in [2.05, 4.69) is 4.90 Å². The molecule has 1 aromatic carbocycles. The van der Waals surface area contributed by atoms with Gasteiger partial charge in [0.2, 0.25) is 5.91 Å². The van der Waals surface area contributed by atoms with Crippen molar-refractivity contribution in [1.82, 2.24) is 19.4 Å². The Balaban J connectivity index is 1.45. The first-order chi connectivity index (χ1) is 15.2. The van der Waals surface area contributed by atoms with Gasteiger partial charge < -0.3 is 9.64 Å². The van der Waals surface area contributed by atoms with Crippen molar-refractivity contribution in [2.24, 2.45) is 0 Å². The molecule has 0 radical (unpaired) electrons. The van der Waals surface area contributed by atoms with Crippen molar-refractivity contribution in [3.8, 4) is 0 Å². The zero-order valence-electron chi connectivity index (χ0n) is 18.2. The van der Waals surface area contributed by atoms with Crippen LogP contribution in [0.5, 0.6) is 0 Å². The van der Waals surface area contributed by atoms with Crippen molar-refractivity contribution >= 4 is 16.8 Å².